The summed E-state index contributed by atoms with van der Waals surface area (Å²) in [6.07, 6.45) is 0. The Balaban J connectivity index is 1.15. The van der Waals surface area contributed by atoms with Crippen molar-refractivity contribution >= 4 is 66.4 Å². The summed E-state index contributed by atoms with van der Waals surface area (Å²) < 4.78 is 0. The molecule has 0 N–H and O–H groups in total. The second-order valence-electron chi connectivity index (χ2n) is 15.9. The highest BCUT2D eigenvalue weighted by Crippen LogP contribution is 2.50. The van der Waals surface area contributed by atoms with E-state index in [0.29, 0.717) is 11.1 Å². The van der Waals surface area contributed by atoms with Crippen LogP contribution in [0.1, 0.15) is 11.1 Å². The molecule has 0 aliphatic heterocycles. The molecule has 64 heavy (non-hydrogen) atoms. The zero-order chi connectivity index (χ0) is 43.0. The van der Waals surface area contributed by atoms with Crippen molar-refractivity contribution in [3.63, 3.8) is 0 Å². The maximum atomic E-state index is 11.0. The molecular weight excluding hydrogens is 777 g/mol. The maximum absolute atomic E-state index is 11.0. The Hall–Kier alpha value is -8.96. The number of hydrogen-bond donors (Lipinski definition) is 0. The van der Waals surface area contributed by atoms with Gasteiger partial charge >= 0.3 is 0 Å². The van der Waals surface area contributed by atoms with Gasteiger partial charge in [0.25, 0.3) is 0 Å². The molecule has 4 heteroatoms. The second kappa shape index (κ2) is 16.1. The summed E-state index contributed by atoms with van der Waals surface area (Å²) in [6.45, 7) is 0. The second-order valence-corrected chi connectivity index (χ2v) is 15.9. The van der Waals surface area contributed by atoms with Crippen molar-refractivity contribution in [1.82, 2.24) is 0 Å². The first-order chi connectivity index (χ1) is 31.7. The summed E-state index contributed by atoms with van der Waals surface area (Å²) in [4.78, 5) is 4.43. The van der Waals surface area contributed by atoms with Crippen molar-refractivity contribution < 1.29 is 0 Å². The van der Waals surface area contributed by atoms with Gasteiger partial charge in [0.2, 0.25) is 0 Å². The predicted octanol–water partition coefficient (Wildman–Crippen LogP) is 16.3. The fraction of sp³-hybridized carbons (Fsp3) is 0. The van der Waals surface area contributed by atoms with Crippen LogP contribution >= 0.6 is 0 Å². The summed E-state index contributed by atoms with van der Waals surface area (Å²) in [5.41, 5.74) is 13.2. The van der Waals surface area contributed by atoms with Gasteiger partial charge in [-0.05, 0) is 116 Å². The average molecular weight is 815 g/mol. The predicted molar refractivity (Wildman–Crippen MR) is 265 cm³/mol. The smallest absolute Gasteiger partial charge is 0.101 e. The van der Waals surface area contributed by atoms with E-state index >= 15 is 0 Å². The van der Waals surface area contributed by atoms with Gasteiger partial charge in [0.05, 0.1) is 22.5 Å². The Bertz CT molecular complexity index is 3440. The van der Waals surface area contributed by atoms with Gasteiger partial charge in [-0.15, -0.1) is 0 Å². The molecule has 0 unspecified atom stereocenters. The Morgan fingerprint density at radius 1 is 0.281 bits per heavy atom. The molecule has 0 aliphatic rings. The molecule has 0 saturated heterocycles. The van der Waals surface area contributed by atoms with Crippen molar-refractivity contribution in [3.05, 3.63) is 242 Å². The normalized spacial score (nSPS) is 11.1. The fourth-order valence-electron chi connectivity index (χ4n) is 9.27. The van der Waals surface area contributed by atoms with Crippen molar-refractivity contribution in [2.45, 2.75) is 0 Å². The molecule has 0 amide bonds. The minimum Gasteiger partial charge on any atom is -0.309 e. The van der Waals surface area contributed by atoms with Gasteiger partial charge in [-0.3, -0.25) is 0 Å². The first kappa shape index (κ1) is 38.0. The molecule has 0 aromatic heterocycles. The molecule has 11 rings (SSSR count). The van der Waals surface area contributed by atoms with E-state index < -0.39 is 0 Å². The van der Waals surface area contributed by atoms with E-state index in [-0.39, 0.29) is 0 Å². The van der Waals surface area contributed by atoms with E-state index in [0.717, 1.165) is 99.8 Å². The van der Waals surface area contributed by atoms with Crippen LogP contribution in [-0.4, -0.2) is 0 Å². The van der Waals surface area contributed by atoms with E-state index in [2.05, 4.69) is 204 Å². The lowest BCUT2D eigenvalue weighted by Crippen LogP contribution is -2.13. The highest BCUT2D eigenvalue weighted by molar-refractivity contribution is 6.29. The van der Waals surface area contributed by atoms with Gasteiger partial charge in [-0.1, -0.05) is 170 Å². The number of anilines is 6. The van der Waals surface area contributed by atoms with E-state index in [1.54, 1.807) is 0 Å². The Labute approximate surface area is 372 Å². The molecule has 0 saturated carbocycles. The Morgan fingerprint density at radius 2 is 0.562 bits per heavy atom. The van der Waals surface area contributed by atoms with Crippen LogP contribution in [0.4, 0.5) is 34.1 Å². The molecule has 0 radical (unpaired) electrons. The van der Waals surface area contributed by atoms with Crippen molar-refractivity contribution in [1.29, 1.82) is 10.5 Å². The number of rotatable bonds is 9. The number of nitrogens with zero attached hydrogens (tertiary/aromatic N) is 4. The first-order valence-corrected chi connectivity index (χ1v) is 21.4. The van der Waals surface area contributed by atoms with Crippen LogP contribution < -0.4 is 9.80 Å². The van der Waals surface area contributed by atoms with E-state index in [1.807, 2.05) is 48.5 Å². The van der Waals surface area contributed by atoms with Crippen LogP contribution in [0.2, 0.25) is 0 Å². The Morgan fingerprint density at radius 3 is 0.875 bits per heavy atom. The molecule has 11 aromatic rings. The van der Waals surface area contributed by atoms with Gasteiger partial charge in [-0.25, -0.2) is 0 Å². The molecule has 0 aliphatic carbocycles. The summed E-state index contributed by atoms with van der Waals surface area (Å²) in [6, 6.07) is 84.8. The largest absolute Gasteiger partial charge is 0.309 e. The number of nitriles is 2. The summed E-state index contributed by atoms with van der Waals surface area (Å²) in [7, 11) is 0. The SMILES string of the molecule is N#Cc1cc2ccc3cc(C#N)c(N(c4ccc(-c5ccccc5)cc4)c4ccc(-c5ccccc5)cc4)c4ccc(c1N(c1ccccc1)c1ccc(-c5ccccc5)cc1)c2c34. The molecular formula is C60H38N4. The Kier molecular flexibility index (Phi) is 9.58. The average Bonchev–Trinajstić information content (AvgIpc) is 3.38. The third-order valence-corrected chi connectivity index (χ3v) is 12.2. The van der Waals surface area contributed by atoms with Crippen LogP contribution in [0, 0.1) is 22.7 Å². The molecule has 0 fully saturated rings. The molecule has 298 valence electrons. The summed E-state index contributed by atoms with van der Waals surface area (Å²) in [5.74, 6) is 0. The zero-order valence-corrected chi connectivity index (χ0v) is 34.7. The van der Waals surface area contributed by atoms with Crippen LogP contribution in [-0.2, 0) is 0 Å². The molecule has 0 atom stereocenters. The molecule has 0 bridgehead atoms. The number of para-hydroxylation sites is 1. The van der Waals surface area contributed by atoms with Crippen LogP contribution in [0.5, 0.6) is 0 Å². The van der Waals surface area contributed by atoms with Crippen LogP contribution in [0.3, 0.4) is 0 Å². The molecule has 0 heterocycles. The highest BCUT2D eigenvalue weighted by Gasteiger charge is 2.26. The maximum Gasteiger partial charge on any atom is 0.101 e. The molecule has 0 spiro atoms. The van der Waals surface area contributed by atoms with Gasteiger partial charge in [-0.2, -0.15) is 10.5 Å². The zero-order valence-electron chi connectivity index (χ0n) is 34.7. The minimum absolute atomic E-state index is 0.563. The van der Waals surface area contributed by atoms with Gasteiger partial charge < -0.3 is 9.80 Å². The summed E-state index contributed by atoms with van der Waals surface area (Å²) >= 11 is 0. The van der Waals surface area contributed by atoms with Crippen molar-refractivity contribution in [3.8, 4) is 45.5 Å². The van der Waals surface area contributed by atoms with E-state index in [1.165, 1.54) is 0 Å². The monoisotopic (exact) mass is 814 g/mol. The lowest BCUT2D eigenvalue weighted by Gasteiger charge is -2.30. The lowest BCUT2D eigenvalue weighted by atomic mass is 9.88. The van der Waals surface area contributed by atoms with Crippen LogP contribution in [0.25, 0.3) is 65.7 Å². The number of benzene rings is 11. The number of hydrogen-bond acceptors (Lipinski definition) is 4. The topological polar surface area (TPSA) is 54.1 Å². The van der Waals surface area contributed by atoms with Crippen molar-refractivity contribution in [2.24, 2.45) is 0 Å². The third-order valence-electron chi connectivity index (χ3n) is 12.2. The summed E-state index contributed by atoms with van der Waals surface area (Å²) in [5, 5.41) is 27.9. The highest BCUT2D eigenvalue weighted by atomic mass is 15.2. The van der Waals surface area contributed by atoms with Crippen LogP contribution in [0.15, 0.2) is 231 Å². The standard InChI is InChI=1S/C60H38N4/c61-39-49-37-47-21-22-48-38-50(40-62)60(64(53-31-25-45(26-32-53)42-15-7-2-8-16-42)54-33-27-46(28-34-54)43-17-9-3-10-18-43)56-36-35-55(57(47)58(48)56)59(49)63(51-19-11-4-12-20-51)52-29-23-44(24-30-52)41-13-5-1-6-14-41/h1-38H. The molecule has 4 nitrogen and oxygen atoms in total. The molecule has 11 aromatic carbocycles. The quantitative estimate of drug-likeness (QED) is 0.136. The first-order valence-electron chi connectivity index (χ1n) is 21.4. The minimum atomic E-state index is 0.563. The fourth-order valence-corrected chi connectivity index (χ4v) is 9.27. The van der Waals surface area contributed by atoms with Gasteiger partial charge in [0, 0.05) is 33.5 Å². The van der Waals surface area contributed by atoms with E-state index in [9.17, 15) is 10.5 Å². The van der Waals surface area contributed by atoms with Gasteiger partial charge in [0.1, 0.15) is 12.1 Å². The lowest BCUT2D eigenvalue weighted by molar-refractivity contribution is 1.28. The van der Waals surface area contributed by atoms with Gasteiger partial charge in [0.15, 0.2) is 0 Å². The van der Waals surface area contributed by atoms with Crippen molar-refractivity contribution in [2.75, 3.05) is 9.80 Å². The van der Waals surface area contributed by atoms with E-state index in [4.69, 9.17) is 0 Å². The third kappa shape index (κ3) is 6.64.